The van der Waals surface area contributed by atoms with E-state index in [-0.39, 0.29) is 6.04 Å². The third-order valence-electron chi connectivity index (χ3n) is 3.58. The lowest BCUT2D eigenvalue weighted by atomic mass is 9.94. The highest BCUT2D eigenvalue weighted by molar-refractivity contribution is 5.52. The number of rotatable bonds is 6. The number of nitrogens with zero attached hydrogens (tertiary/aromatic N) is 1. The van der Waals surface area contributed by atoms with E-state index in [4.69, 9.17) is 10.5 Å². The minimum absolute atomic E-state index is 0.0187. The Balaban J connectivity index is 2.53. The first kappa shape index (κ1) is 15.3. The molecule has 0 amide bonds. The number of nitrogens with two attached hydrogens (primary N) is 1. The van der Waals surface area contributed by atoms with Crippen LogP contribution in [0, 0.1) is 6.92 Å². The summed E-state index contributed by atoms with van der Waals surface area (Å²) in [5.74, 6) is 1.42. The number of pyridine rings is 1. The third kappa shape index (κ3) is 3.34. The quantitative estimate of drug-likeness (QED) is 0.856. The molecule has 3 N–H and O–H groups in total. The van der Waals surface area contributed by atoms with E-state index in [0.29, 0.717) is 5.82 Å². The van der Waals surface area contributed by atoms with Crippen molar-refractivity contribution >= 4 is 5.82 Å². The fourth-order valence-electron chi connectivity index (χ4n) is 2.53. The molecule has 1 aromatic heterocycles. The summed E-state index contributed by atoms with van der Waals surface area (Å²) in [5.41, 5.74) is 9.36. The molecule has 2 aromatic rings. The van der Waals surface area contributed by atoms with Gasteiger partial charge in [-0.15, -0.1) is 0 Å². The molecule has 0 aliphatic rings. The van der Waals surface area contributed by atoms with E-state index in [1.165, 1.54) is 0 Å². The fraction of sp³-hybridized carbons (Fsp3) is 0.353. The average molecular weight is 285 g/mol. The Morgan fingerprint density at radius 2 is 2.05 bits per heavy atom. The van der Waals surface area contributed by atoms with Gasteiger partial charge in [0.25, 0.3) is 0 Å². The smallest absolute Gasteiger partial charge is 0.128 e. The van der Waals surface area contributed by atoms with Gasteiger partial charge in [0, 0.05) is 17.3 Å². The number of para-hydroxylation sites is 1. The summed E-state index contributed by atoms with van der Waals surface area (Å²) in [4.78, 5) is 4.25. The molecule has 1 atom stereocenters. The predicted octanol–water partition coefficient (Wildman–Crippen LogP) is 3.07. The summed E-state index contributed by atoms with van der Waals surface area (Å²) in [7, 11) is 1.69. The normalized spacial score (nSPS) is 12.1. The first-order valence-electron chi connectivity index (χ1n) is 7.26. The summed E-state index contributed by atoms with van der Waals surface area (Å²) in [6.07, 6.45) is 2.79. The molecule has 0 aliphatic carbocycles. The molecule has 21 heavy (non-hydrogen) atoms. The molecule has 4 nitrogen and oxygen atoms in total. The minimum Gasteiger partial charge on any atom is -0.496 e. The Morgan fingerprint density at radius 3 is 2.71 bits per heavy atom. The molecule has 0 bridgehead atoms. The number of aromatic nitrogens is 1. The van der Waals surface area contributed by atoms with Crippen LogP contribution in [0.15, 0.2) is 36.5 Å². The molecule has 1 aromatic carbocycles. The molecule has 0 saturated carbocycles. The average Bonchev–Trinajstić information content (AvgIpc) is 2.50. The van der Waals surface area contributed by atoms with Crippen LogP contribution in [-0.2, 0) is 0 Å². The minimum atomic E-state index is -0.0187. The maximum atomic E-state index is 6.13. The highest BCUT2D eigenvalue weighted by Gasteiger charge is 2.21. The van der Waals surface area contributed by atoms with Gasteiger partial charge in [-0.3, -0.25) is 0 Å². The van der Waals surface area contributed by atoms with Gasteiger partial charge in [0.1, 0.15) is 11.6 Å². The Kier molecular flexibility index (Phi) is 5.17. The molecule has 0 saturated heterocycles. The largest absolute Gasteiger partial charge is 0.496 e. The molecule has 2 rings (SSSR count). The van der Waals surface area contributed by atoms with Crippen LogP contribution in [0.1, 0.15) is 36.1 Å². The van der Waals surface area contributed by atoms with Crippen LogP contribution in [-0.4, -0.2) is 18.6 Å². The van der Waals surface area contributed by atoms with Crippen molar-refractivity contribution in [3.05, 3.63) is 53.2 Å². The van der Waals surface area contributed by atoms with E-state index in [0.717, 1.165) is 35.4 Å². The molecule has 1 unspecified atom stereocenters. The van der Waals surface area contributed by atoms with Crippen LogP contribution in [0.2, 0.25) is 0 Å². The number of anilines is 1. The van der Waals surface area contributed by atoms with Gasteiger partial charge in [-0.1, -0.05) is 25.1 Å². The zero-order valence-corrected chi connectivity index (χ0v) is 12.9. The van der Waals surface area contributed by atoms with Gasteiger partial charge in [0.05, 0.1) is 13.2 Å². The van der Waals surface area contributed by atoms with Gasteiger partial charge >= 0.3 is 0 Å². The Morgan fingerprint density at radius 1 is 1.29 bits per heavy atom. The fourth-order valence-corrected chi connectivity index (χ4v) is 2.53. The number of methoxy groups -OCH3 is 1. The Hall–Kier alpha value is -2.07. The molecule has 4 heteroatoms. The van der Waals surface area contributed by atoms with Gasteiger partial charge in [0.2, 0.25) is 0 Å². The van der Waals surface area contributed by atoms with E-state index in [2.05, 4.69) is 30.2 Å². The first-order valence-corrected chi connectivity index (χ1v) is 7.26. The van der Waals surface area contributed by atoms with E-state index in [9.17, 15) is 0 Å². The Labute approximate surface area is 126 Å². The van der Waals surface area contributed by atoms with Gasteiger partial charge < -0.3 is 15.8 Å². The zero-order chi connectivity index (χ0) is 15.2. The van der Waals surface area contributed by atoms with Crippen molar-refractivity contribution < 1.29 is 4.74 Å². The third-order valence-corrected chi connectivity index (χ3v) is 3.58. The predicted molar refractivity (Wildman–Crippen MR) is 86.5 cm³/mol. The SMILES string of the molecule is CCCNC(c1ccccc1OC)c1c(C)ccnc1N. The summed E-state index contributed by atoms with van der Waals surface area (Å²) < 4.78 is 5.51. The van der Waals surface area contributed by atoms with Crippen molar-refractivity contribution in [2.24, 2.45) is 0 Å². The van der Waals surface area contributed by atoms with Crippen molar-refractivity contribution in [2.45, 2.75) is 26.3 Å². The van der Waals surface area contributed by atoms with Gasteiger partial charge in [-0.05, 0) is 37.6 Å². The number of hydrogen-bond donors (Lipinski definition) is 2. The number of aryl methyl sites for hydroxylation is 1. The van der Waals surface area contributed by atoms with Crippen LogP contribution in [0.4, 0.5) is 5.82 Å². The zero-order valence-electron chi connectivity index (χ0n) is 12.9. The molecule has 0 aliphatic heterocycles. The van der Waals surface area contributed by atoms with E-state index in [1.807, 2.05) is 24.3 Å². The van der Waals surface area contributed by atoms with Gasteiger partial charge in [-0.25, -0.2) is 4.98 Å². The number of benzene rings is 1. The first-order chi connectivity index (χ1) is 10.2. The lowest BCUT2D eigenvalue weighted by molar-refractivity contribution is 0.404. The van der Waals surface area contributed by atoms with Crippen LogP contribution in [0.25, 0.3) is 0 Å². The molecular formula is C17H23N3O. The molecule has 112 valence electrons. The van der Waals surface area contributed by atoms with Crippen LogP contribution in [0.3, 0.4) is 0 Å². The molecule has 0 radical (unpaired) electrons. The number of hydrogen-bond acceptors (Lipinski definition) is 4. The summed E-state index contributed by atoms with van der Waals surface area (Å²) in [5, 5.41) is 3.56. The van der Waals surface area contributed by atoms with Crippen molar-refractivity contribution in [3.8, 4) is 5.75 Å². The van der Waals surface area contributed by atoms with Gasteiger partial charge in [-0.2, -0.15) is 0 Å². The molecule has 0 spiro atoms. The standard InChI is InChI=1S/C17H23N3O/c1-4-10-19-16(13-7-5-6-8-14(13)21-3)15-12(2)9-11-20-17(15)18/h5-9,11,16,19H,4,10H2,1-3H3,(H2,18,20). The molecule has 0 fully saturated rings. The topological polar surface area (TPSA) is 60.2 Å². The van der Waals surface area contributed by atoms with E-state index >= 15 is 0 Å². The number of nitrogens with one attached hydrogen (secondary N) is 1. The van der Waals surface area contributed by atoms with Crippen molar-refractivity contribution in [1.29, 1.82) is 0 Å². The molecule has 1 heterocycles. The van der Waals surface area contributed by atoms with Crippen LogP contribution in [0.5, 0.6) is 5.75 Å². The summed E-state index contributed by atoms with van der Waals surface area (Å²) in [6, 6.07) is 9.99. The van der Waals surface area contributed by atoms with Gasteiger partial charge in [0.15, 0.2) is 0 Å². The summed E-state index contributed by atoms with van der Waals surface area (Å²) >= 11 is 0. The Bertz CT molecular complexity index is 578. The summed E-state index contributed by atoms with van der Waals surface area (Å²) in [6.45, 7) is 5.10. The second-order valence-corrected chi connectivity index (χ2v) is 5.06. The number of nitrogen functional groups attached to an aromatic ring is 1. The lowest BCUT2D eigenvalue weighted by Crippen LogP contribution is -2.25. The van der Waals surface area contributed by atoms with E-state index < -0.39 is 0 Å². The van der Waals surface area contributed by atoms with Crippen LogP contribution >= 0.6 is 0 Å². The highest BCUT2D eigenvalue weighted by Crippen LogP contribution is 2.33. The second-order valence-electron chi connectivity index (χ2n) is 5.06. The second kappa shape index (κ2) is 7.09. The number of ether oxygens (including phenoxy) is 1. The molecular weight excluding hydrogens is 262 g/mol. The van der Waals surface area contributed by atoms with Crippen molar-refractivity contribution in [3.63, 3.8) is 0 Å². The maximum absolute atomic E-state index is 6.13. The van der Waals surface area contributed by atoms with Crippen LogP contribution < -0.4 is 15.8 Å². The highest BCUT2D eigenvalue weighted by atomic mass is 16.5. The maximum Gasteiger partial charge on any atom is 0.128 e. The van der Waals surface area contributed by atoms with Crippen molar-refractivity contribution in [1.82, 2.24) is 10.3 Å². The monoisotopic (exact) mass is 285 g/mol. The van der Waals surface area contributed by atoms with Crippen molar-refractivity contribution in [2.75, 3.05) is 19.4 Å². The lowest BCUT2D eigenvalue weighted by Gasteiger charge is -2.24. The van der Waals surface area contributed by atoms with E-state index in [1.54, 1.807) is 13.3 Å².